The van der Waals surface area contributed by atoms with Crippen molar-refractivity contribution in [2.45, 2.75) is 32.3 Å². The molecule has 1 fully saturated rings. The van der Waals surface area contributed by atoms with Gasteiger partial charge in [0.2, 0.25) is 5.95 Å². The summed E-state index contributed by atoms with van der Waals surface area (Å²) in [7, 11) is 1.67. The van der Waals surface area contributed by atoms with Crippen LogP contribution in [0.1, 0.15) is 36.7 Å². The summed E-state index contributed by atoms with van der Waals surface area (Å²) in [6.45, 7) is 7.62. The van der Waals surface area contributed by atoms with Gasteiger partial charge in [-0.15, -0.1) is 0 Å². The summed E-state index contributed by atoms with van der Waals surface area (Å²) in [5.41, 5.74) is 2.64. The van der Waals surface area contributed by atoms with Gasteiger partial charge < -0.3 is 9.64 Å². The summed E-state index contributed by atoms with van der Waals surface area (Å²) < 4.78 is 7.28. The van der Waals surface area contributed by atoms with Gasteiger partial charge >= 0.3 is 0 Å². The van der Waals surface area contributed by atoms with E-state index in [-0.39, 0.29) is 16.8 Å². The molecule has 3 heterocycles. The van der Waals surface area contributed by atoms with E-state index in [1.807, 2.05) is 29.2 Å². The highest BCUT2D eigenvalue weighted by molar-refractivity contribution is 6.00. The van der Waals surface area contributed by atoms with Crippen LogP contribution in [0.3, 0.4) is 0 Å². The molecule has 0 aliphatic carbocycles. The van der Waals surface area contributed by atoms with Crippen molar-refractivity contribution in [3.05, 3.63) is 70.4 Å². The van der Waals surface area contributed by atoms with Gasteiger partial charge in [-0.2, -0.15) is 0 Å². The third-order valence-corrected chi connectivity index (χ3v) is 5.63. The first-order valence-corrected chi connectivity index (χ1v) is 10.6. The summed E-state index contributed by atoms with van der Waals surface area (Å²) in [4.78, 5) is 40.4. The first-order chi connectivity index (χ1) is 15.2. The second-order valence-corrected chi connectivity index (χ2v) is 8.93. The second kappa shape index (κ2) is 8.63. The van der Waals surface area contributed by atoms with Crippen LogP contribution in [0.2, 0.25) is 0 Å². The molecule has 0 N–H and O–H groups in total. The van der Waals surface area contributed by atoms with E-state index in [1.165, 1.54) is 22.5 Å². The molecule has 1 aromatic carbocycles. The molecule has 0 saturated carbocycles. The van der Waals surface area contributed by atoms with Crippen molar-refractivity contribution in [3.8, 4) is 11.4 Å². The van der Waals surface area contributed by atoms with Gasteiger partial charge in [0.05, 0.1) is 24.5 Å². The minimum absolute atomic E-state index is 0.0187. The van der Waals surface area contributed by atoms with Gasteiger partial charge in [-0.3, -0.25) is 14.2 Å². The number of hydrogen-bond acceptors (Lipinski definition) is 7. The molecule has 1 atom stereocenters. The molecule has 0 radical (unpaired) electrons. The Hall–Kier alpha value is -3.39. The number of carbonyl (C=O) groups excluding carboxylic acids is 1. The van der Waals surface area contributed by atoms with Crippen LogP contribution < -0.4 is 10.5 Å². The monoisotopic (exact) mass is 433 g/mol. The number of nitrogens with zero attached hydrogens (tertiary/aromatic N) is 5. The van der Waals surface area contributed by atoms with Crippen molar-refractivity contribution in [2.75, 3.05) is 24.6 Å². The number of anilines is 1. The molecule has 8 heteroatoms. The van der Waals surface area contributed by atoms with Crippen molar-refractivity contribution in [3.63, 3.8) is 0 Å². The van der Waals surface area contributed by atoms with Crippen LogP contribution in [-0.4, -0.2) is 51.1 Å². The zero-order valence-electron chi connectivity index (χ0n) is 18.8. The molecule has 166 valence electrons. The number of carbonyl (C=O) groups is 1. The van der Waals surface area contributed by atoms with Crippen LogP contribution in [0.15, 0.2) is 53.7 Å². The Bertz CT molecular complexity index is 1170. The maximum Gasteiger partial charge on any atom is 0.255 e. The smallest absolute Gasteiger partial charge is 0.255 e. The Morgan fingerprint density at radius 2 is 1.88 bits per heavy atom. The van der Waals surface area contributed by atoms with E-state index >= 15 is 0 Å². The Balaban J connectivity index is 1.58. The first-order valence-electron chi connectivity index (χ1n) is 10.6. The minimum atomic E-state index is -0.635. The lowest BCUT2D eigenvalue weighted by Gasteiger charge is -2.33. The largest absolute Gasteiger partial charge is 0.366 e. The van der Waals surface area contributed by atoms with Gasteiger partial charge in [0.1, 0.15) is 12.4 Å². The molecule has 8 nitrogen and oxygen atoms in total. The van der Waals surface area contributed by atoms with Crippen molar-refractivity contribution in [1.29, 1.82) is 0 Å². The lowest BCUT2D eigenvalue weighted by atomic mass is 9.86. The zero-order valence-corrected chi connectivity index (χ0v) is 18.8. The number of aromatic nitrogens is 4. The predicted molar refractivity (Wildman–Crippen MR) is 122 cm³/mol. The molecule has 1 aliphatic rings. The Labute approximate surface area is 186 Å². The Morgan fingerprint density at radius 1 is 1.12 bits per heavy atom. The molecule has 32 heavy (non-hydrogen) atoms. The van der Waals surface area contributed by atoms with E-state index in [4.69, 9.17) is 4.74 Å². The Morgan fingerprint density at radius 3 is 2.53 bits per heavy atom. The fourth-order valence-electron chi connectivity index (χ4n) is 3.69. The van der Waals surface area contributed by atoms with Gasteiger partial charge in [-0.1, -0.05) is 45.0 Å². The fourth-order valence-corrected chi connectivity index (χ4v) is 3.69. The lowest BCUT2D eigenvalue weighted by Crippen LogP contribution is -2.48. The van der Waals surface area contributed by atoms with E-state index in [2.05, 4.69) is 35.7 Å². The molecule has 2 aromatic heterocycles. The third-order valence-electron chi connectivity index (χ3n) is 5.63. The topological polar surface area (TPSA) is 90.2 Å². The van der Waals surface area contributed by atoms with Crippen LogP contribution in [0.25, 0.3) is 11.4 Å². The second-order valence-electron chi connectivity index (χ2n) is 8.93. The summed E-state index contributed by atoms with van der Waals surface area (Å²) in [6.07, 6.45) is 2.39. The summed E-state index contributed by atoms with van der Waals surface area (Å²) in [5, 5.41) is 0. The highest BCUT2D eigenvalue weighted by Gasteiger charge is 2.30. The molecule has 1 unspecified atom stereocenters. The maximum absolute atomic E-state index is 13.1. The summed E-state index contributed by atoms with van der Waals surface area (Å²) in [5.74, 6) is 0.405. The quantitative estimate of drug-likeness (QED) is 0.584. The molecule has 1 aliphatic heterocycles. The van der Waals surface area contributed by atoms with Crippen LogP contribution in [0.5, 0.6) is 0 Å². The van der Waals surface area contributed by atoms with Crippen LogP contribution in [0.4, 0.5) is 5.95 Å². The minimum Gasteiger partial charge on any atom is -0.366 e. The maximum atomic E-state index is 13.1. The number of ether oxygens (including phenoxy) is 1. The first kappa shape index (κ1) is 21.8. The Kier molecular flexibility index (Phi) is 5.88. The highest BCUT2D eigenvalue weighted by atomic mass is 16.5. The van der Waals surface area contributed by atoms with E-state index in [0.29, 0.717) is 42.6 Å². The number of Topliss-reactive ketones (excluding diaryl/α,β-unsaturated/α-hetero) is 1. The number of morpholine rings is 1. The van der Waals surface area contributed by atoms with Crippen molar-refractivity contribution in [1.82, 2.24) is 19.5 Å². The SMILES string of the molecule is Cn1c(N2CCOC(C(=O)c3ccc(C(C)(C)C)cc3)C2)nc(-c2ccncn2)cc1=O. The molecule has 0 bridgehead atoms. The number of ketones is 1. The fraction of sp³-hybridized carbons (Fsp3) is 0.375. The van der Waals surface area contributed by atoms with Crippen LogP contribution in [-0.2, 0) is 17.2 Å². The van der Waals surface area contributed by atoms with Crippen LogP contribution >= 0.6 is 0 Å². The molecule has 1 saturated heterocycles. The average Bonchev–Trinajstić information content (AvgIpc) is 2.80. The number of rotatable bonds is 4. The normalized spacial score (nSPS) is 16.8. The molecule has 0 spiro atoms. The standard InChI is InChI=1S/C24H27N5O3/c1-24(2,3)17-7-5-16(6-8-17)22(31)20-14-29(11-12-32-20)23-27-19(13-21(30)28(23)4)18-9-10-25-15-26-18/h5-10,13,15,20H,11-12,14H2,1-4H3. The van der Waals surface area contributed by atoms with Gasteiger partial charge in [-0.05, 0) is 17.0 Å². The van der Waals surface area contributed by atoms with Crippen LogP contribution in [0, 0.1) is 0 Å². The molecule has 3 aromatic rings. The lowest BCUT2D eigenvalue weighted by molar-refractivity contribution is 0.0336. The molecule has 4 rings (SSSR count). The highest BCUT2D eigenvalue weighted by Crippen LogP contribution is 2.24. The molecular weight excluding hydrogens is 406 g/mol. The van der Waals surface area contributed by atoms with Gasteiger partial charge in [0, 0.05) is 31.4 Å². The average molecular weight is 434 g/mol. The van der Waals surface area contributed by atoms with Gasteiger partial charge in [-0.25, -0.2) is 15.0 Å². The van der Waals surface area contributed by atoms with Gasteiger partial charge in [0.25, 0.3) is 5.56 Å². The van der Waals surface area contributed by atoms with E-state index < -0.39 is 6.10 Å². The van der Waals surface area contributed by atoms with Gasteiger partial charge in [0.15, 0.2) is 5.78 Å². The number of benzene rings is 1. The van der Waals surface area contributed by atoms with Crippen molar-refractivity contribution in [2.24, 2.45) is 7.05 Å². The molecule has 0 amide bonds. The number of hydrogen-bond donors (Lipinski definition) is 0. The summed E-state index contributed by atoms with van der Waals surface area (Å²) in [6, 6.07) is 10.8. The van der Waals surface area contributed by atoms with E-state index in [9.17, 15) is 9.59 Å². The zero-order chi connectivity index (χ0) is 22.9. The van der Waals surface area contributed by atoms with Crippen molar-refractivity contribution >= 4 is 11.7 Å². The third kappa shape index (κ3) is 4.45. The predicted octanol–water partition coefficient (Wildman–Crippen LogP) is 2.62. The van der Waals surface area contributed by atoms with Crippen molar-refractivity contribution < 1.29 is 9.53 Å². The van der Waals surface area contributed by atoms with E-state index in [0.717, 1.165) is 0 Å². The molecular formula is C24H27N5O3. The summed E-state index contributed by atoms with van der Waals surface area (Å²) >= 11 is 0. The van der Waals surface area contributed by atoms with E-state index in [1.54, 1.807) is 19.3 Å².